The highest BCUT2D eigenvalue weighted by molar-refractivity contribution is 6.15. The van der Waals surface area contributed by atoms with Gasteiger partial charge in [-0.1, -0.05) is 0 Å². The molecule has 0 unspecified atom stereocenters. The normalized spacial score (nSPS) is 15.6. The van der Waals surface area contributed by atoms with Crippen molar-refractivity contribution in [3.05, 3.63) is 46.5 Å². The van der Waals surface area contributed by atoms with Crippen molar-refractivity contribution in [1.29, 1.82) is 0 Å². The van der Waals surface area contributed by atoms with Gasteiger partial charge in [0.25, 0.3) is 0 Å². The number of rotatable bonds is 8. The maximum atomic E-state index is 13.8. The maximum Gasteiger partial charge on any atom is 0.410 e. The first kappa shape index (κ1) is 30.2. The topological polar surface area (TPSA) is 102 Å². The van der Waals surface area contributed by atoms with Gasteiger partial charge < -0.3 is 33.2 Å². The van der Waals surface area contributed by atoms with Crippen molar-refractivity contribution in [1.82, 2.24) is 4.90 Å². The number of carbonyl (C=O) groups excluding carboxylic acids is 2. The molecule has 0 N–H and O–H groups in total. The minimum Gasteiger partial charge on any atom is -0.496 e. The molecule has 0 aliphatic carbocycles. The first-order chi connectivity index (χ1) is 19.0. The fourth-order valence-corrected chi connectivity index (χ4v) is 4.20. The van der Waals surface area contributed by atoms with Crippen LogP contribution in [-0.2, 0) is 9.53 Å². The number of likely N-dealkylation sites (tertiary alicyclic amines) is 1. The molecule has 0 radical (unpaired) electrons. The number of amides is 1. The molecule has 0 bridgehead atoms. The summed E-state index contributed by atoms with van der Waals surface area (Å²) >= 11 is 0. The molecule has 1 saturated heterocycles. The number of Topliss-reactive ketones (excluding diaryl/α,β-unsaturated/α-hetero) is 1. The highest BCUT2D eigenvalue weighted by atomic mass is 16.6. The molecule has 10 nitrogen and oxygen atoms in total. The monoisotopic (exact) mass is 555 g/mol. The molecule has 0 aromatic heterocycles. The Hall–Kier alpha value is -4.34. The van der Waals surface area contributed by atoms with Crippen LogP contribution in [0.25, 0.3) is 12.2 Å². The summed E-state index contributed by atoms with van der Waals surface area (Å²) in [5, 5.41) is 0. The minimum atomic E-state index is -0.717. The van der Waals surface area contributed by atoms with E-state index in [1.807, 2.05) is 0 Å². The summed E-state index contributed by atoms with van der Waals surface area (Å²) in [5.41, 5.74) is 1.16. The van der Waals surface area contributed by atoms with Crippen molar-refractivity contribution < 1.29 is 42.7 Å². The molecule has 216 valence electrons. The molecule has 1 amide bonds. The van der Waals surface area contributed by atoms with Crippen LogP contribution in [-0.4, -0.2) is 78.1 Å². The standard InChI is InChI=1S/C30H37NO9/c1-30(2,3)40-29(33)31-16-20(10-18-12-24(36-6)26(38-8)14-22(18)34-4)28(32)21(17-31)11-19-13-25(37-7)27(39-9)15-23(19)35-5/h10-15H,16-17H2,1-9H3/b20-10+,21-11+. The molecule has 0 spiro atoms. The predicted molar refractivity (Wildman–Crippen MR) is 151 cm³/mol. The Morgan fingerprint density at radius 2 is 1.00 bits per heavy atom. The third-order valence-electron chi connectivity index (χ3n) is 6.09. The van der Waals surface area contributed by atoms with Crippen molar-refractivity contribution in [2.45, 2.75) is 26.4 Å². The van der Waals surface area contributed by atoms with Gasteiger partial charge in [-0.3, -0.25) is 9.69 Å². The van der Waals surface area contributed by atoms with Gasteiger partial charge in [0.15, 0.2) is 28.8 Å². The number of benzene rings is 2. The summed E-state index contributed by atoms with van der Waals surface area (Å²) in [5.74, 6) is 2.59. The summed E-state index contributed by atoms with van der Waals surface area (Å²) in [6.07, 6.45) is 2.81. The van der Waals surface area contributed by atoms with Crippen LogP contribution in [0.1, 0.15) is 31.9 Å². The molecular formula is C30H37NO9. The Morgan fingerprint density at radius 3 is 1.32 bits per heavy atom. The Labute approximate surface area is 235 Å². The molecule has 10 heteroatoms. The number of piperidine rings is 1. The van der Waals surface area contributed by atoms with Crippen LogP contribution in [0.4, 0.5) is 4.79 Å². The average Bonchev–Trinajstić information content (AvgIpc) is 2.93. The second kappa shape index (κ2) is 12.7. The van der Waals surface area contributed by atoms with Crippen molar-refractivity contribution >= 4 is 24.0 Å². The Balaban J connectivity index is 2.17. The zero-order chi connectivity index (χ0) is 29.6. The Morgan fingerprint density at radius 1 is 0.650 bits per heavy atom. The SMILES string of the molecule is COc1cc(OC)c(OC)cc1/C=C1\CN(C(=O)OC(C)(C)C)C/C(=C\c2cc(OC)c(OC)cc2OC)C1=O. The van der Waals surface area contributed by atoms with Crippen LogP contribution in [0.3, 0.4) is 0 Å². The van der Waals surface area contributed by atoms with Crippen LogP contribution >= 0.6 is 0 Å². The Bertz CT molecular complexity index is 1240. The first-order valence-corrected chi connectivity index (χ1v) is 12.5. The van der Waals surface area contributed by atoms with Crippen LogP contribution < -0.4 is 28.4 Å². The van der Waals surface area contributed by atoms with Crippen LogP contribution in [0, 0.1) is 0 Å². The quantitative estimate of drug-likeness (QED) is 0.415. The van der Waals surface area contributed by atoms with Crippen molar-refractivity contribution in [2.75, 3.05) is 55.7 Å². The summed E-state index contributed by atoms with van der Waals surface area (Å²) < 4.78 is 38.4. The average molecular weight is 556 g/mol. The number of hydrogen-bond acceptors (Lipinski definition) is 9. The minimum absolute atomic E-state index is 0.0334. The fraction of sp³-hybridized carbons (Fsp3) is 0.400. The van der Waals surface area contributed by atoms with E-state index in [4.69, 9.17) is 33.2 Å². The van der Waals surface area contributed by atoms with E-state index >= 15 is 0 Å². The number of nitrogens with zero attached hydrogens (tertiary/aromatic N) is 1. The van der Waals surface area contributed by atoms with E-state index in [9.17, 15) is 9.59 Å². The van der Waals surface area contributed by atoms with E-state index in [1.54, 1.807) is 57.2 Å². The summed E-state index contributed by atoms with van der Waals surface area (Å²) in [4.78, 5) is 28.5. The van der Waals surface area contributed by atoms with Gasteiger partial charge in [0.05, 0.1) is 55.7 Å². The highest BCUT2D eigenvalue weighted by Gasteiger charge is 2.32. The largest absolute Gasteiger partial charge is 0.496 e. The number of ether oxygens (including phenoxy) is 7. The van der Waals surface area contributed by atoms with Crippen molar-refractivity contribution in [3.8, 4) is 34.5 Å². The molecule has 1 fully saturated rings. The lowest BCUT2D eigenvalue weighted by atomic mass is 9.94. The van der Waals surface area contributed by atoms with Crippen LogP contribution in [0.15, 0.2) is 35.4 Å². The molecule has 0 atom stereocenters. The molecule has 2 aromatic carbocycles. The number of methoxy groups -OCH3 is 6. The molecule has 1 aliphatic heterocycles. The zero-order valence-electron chi connectivity index (χ0n) is 24.5. The molecule has 2 aromatic rings. The molecule has 1 aliphatic rings. The van der Waals surface area contributed by atoms with Crippen molar-refractivity contribution in [2.24, 2.45) is 0 Å². The lowest BCUT2D eigenvalue weighted by molar-refractivity contribution is -0.113. The number of carbonyl (C=O) groups is 2. The number of hydrogen-bond donors (Lipinski definition) is 0. The van der Waals surface area contributed by atoms with E-state index in [-0.39, 0.29) is 18.9 Å². The van der Waals surface area contributed by atoms with Gasteiger partial charge in [-0.25, -0.2) is 4.79 Å². The summed E-state index contributed by atoms with van der Waals surface area (Å²) in [6.45, 7) is 5.43. The lowest BCUT2D eigenvalue weighted by Gasteiger charge is -2.32. The molecule has 40 heavy (non-hydrogen) atoms. The van der Waals surface area contributed by atoms with Gasteiger partial charge in [-0.2, -0.15) is 0 Å². The van der Waals surface area contributed by atoms with E-state index in [2.05, 4.69) is 0 Å². The number of ketones is 1. The van der Waals surface area contributed by atoms with E-state index in [0.29, 0.717) is 56.8 Å². The van der Waals surface area contributed by atoms with E-state index in [0.717, 1.165) is 0 Å². The molecule has 3 rings (SSSR count). The van der Waals surface area contributed by atoms with E-state index in [1.165, 1.54) is 47.6 Å². The molecular weight excluding hydrogens is 518 g/mol. The van der Waals surface area contributed by atoms with Gasteiger partial charge in [0.2, 0.25) is 0 Å². The van der Waals surface area contributed by atoms with Gasteiger partial charge in [-0.05, 0) is 45.1 Å². The van der Waals surface area contributed by atoms with E-state index < -0.39 is 11.7 Å². The Kier molecular flexibility index (Phi) is 9.57. The second-order valence-corrected chi connectivity index (χ2v) is 9.90. The summed E-state index contributed by atoms with van der Waals surface area (Å²) in [6, 6.07) is 6.78. The van der Waals surface area contributed by atoms with Gasteiger partial charge in [0.1, 0.15) is 17.1 Å². The summed E-state index contributed by atoms with van der Waals surface area (Å²) in [7, 11) is 9.14. The lowest BCUT2D eigenvalue weighted by Crippen LogP contribution is -2.44. The second-order valence-electron chi connectivity index (χ2n) is 9.90. The maximum absolute atomic E-state index is 13.8. The fourth-order valence-electron chi connectivity index (χ4n) is 4.20. The van der Waals surface area contributed by atoms with Gasteiger partial charge in [0, 0.05) is 34.4 Å². The molecule has 1 heterocycles. The zero-order valence-corrected chi connectivity index (χ0v) is 24.5. The molecule has 0 saturated carbocycles. The van der Waals surface area contributed by atoms with Gasteiger partial charge >= 0.3 is 6.09 Å². The van der Waals surface area contributed by atoms with Crippen molar-refractivity contribution in [3.63, 3.8) is 0 Å². The third kappa shape index (κ3) is 6.80. The smallest absolute Gasteiger partial charge is 0.410 e. The first-order valence-electron chi connectivity index (χ1n) is 12.5. The van der Waals surface area contributed by atoms with Crippen LogP contribution in [0.5, 0.6) is 34.5 Å². The van der Waals surface area contributed by atoms with Crippen LogP contribution in [0.2, 0.25) is 0 Å². The van der Waals surface area contributed by atoms with Gasteiger partial charge in [-0.15, -0.1) is 0 Å². The third-order valence-corrected chi connectivity index (χ3v) is 6.09. The highest BCUT2D eigenvalue weighted by Crippen LogP contribution is 2.38. The predicted octanol–water partition coefficient (Wildman–Crippen LogP) is 5.03.